The van der Waals surface area contributed by atoms with Crippen molar-refractivity contribution < 1.29 is 23.5 Å². The van der Waals surface area contributed by atoms with Gasteiger partial charge in [-0.1, -0.05) is 26.0 Å². The van der Waals surface area contributed by atoms with Crippen LogP contribution in [-0.4, -0.2) is 46.4 Å². The Morgan fingerprint density at radius 1 is 1.05 bits per heavy atom. The van der Waals surface area contributed by atoms with E-state index in [0.717, 1.165) is 19.2 Å². The van der Waals surface area contributed by atoms with Crippen molar-refractivity contribution in [2.45, 2.75) is 20.3 Å². The van der Waals surface area contributed by atoms with Crippen LogP contribution < -0.4 is 10.6 Å². The van der Waals surface area contributed by atoms with Gasteiger partial charge in [0, 0.05) is 35.8 Å². The standard InChI is InChI=1S/C30H28FN5O4.ClH/c1-3-36(4-2)13-12-28(38)33-21-8-5-7-19(15-21)23-17-25(22-11-10-20(31)16-26(22)37)34-29(24(23)18-32)35-30(39)27-9-6-14-40-27;/h5-11,14-17,37H,3-4,12-13H2,1-2H3,(H,33,38)(H,34,35,39);1H. The number of halogens is 2. The molecule has 0 aliphatic rings. The number of phenolic OH excluding ortho intramolecular Hbond substituents is 1. The zero-order valence-electron chi connectivity index (χ0n) is 22.5. The van der Waals surface area contributed by atoms with E-state index in [9.17, 15) is 24.3 Å². The molecule has 0 spiro atoms. The number of nitrogens with one attached hydrogen (secondary N) is 2. The Hall–Kier alpha value is -4.72. The Labute approximate surface area is 243 Å². The Bertz CT molecular complexity index is 1570. The molecule has 41 heavy (non-hydrogen) atoms. The molecule has 0 aliphatic heterocycles. The largest absolute Gasteiger partial charge is 0.507 e. The third kappa shape index (κ3) is 7.48. The monoisotopic (exact) mass is 577 g/mol. The van der Waals surface area contributed by atoms with Crippen LogP contribution in [0.2, 0.25) is 0 Å². The minimum atomic E-state index is -0.633. The normalized spacial score (nSPS) is 10.5. The molecular weight excluding hydrogens is 549 g/mol. The van der Waals surface area contributed by atoms with Crippen molar-refractivity contribution in [2.75, 3.05) is 30.3 Å². The van der Waals surface area contributed by atoms with Crippen LogP contribution in [0.25, 0.3) is 22.4 Å². The number of anilines is 2. The number of hydrogen-bond acceptors (Lipinski definition) is 7. The fourth-order valence-corrected chi connectivity index (χ4v) is 4.20. The van der Waals surface area contributed by atoms with Crippen molar-refractivity contribution in [1.82, 2.24) is 9.88 Å². The second-order valence-corrected chi connectivity index (χ2v) is 8.89. The van der Waals surface area contributed by atoms with E-state index in [2.05, 4.69) is 26.6 Å². The second kappa shape index (κ2) is 14.1. The number of pyridine rings is 1. The first-order valence-corrected chi connectivity index (χ1v) is 12.7. The summed E-state index contributed by atoms with van der Waals surface area (Å²) in [6, 6.07) is 17.1. The number of phenols is 1. The first-order chi connectivity index (χ1) is 19.3. The summed E-state index contributed by atoms with van der Waals surface area (Å²) in [5, 5.41) is 26.0. The number of carbonyl (C=O) groups is 2. The number of benzene rings is 2. The predicted octanol–water partition coefficient (Wildman–Crippen LogP) is 6.07. The summed E-state index contributed by atoms with van der Waals surface area (Å²) in [6.07, 6.45) is 1.66. The molecule has 0 atom stereocenters. The molecule has 9 nitrogen and oxygen atoms in total. The van der Waals surface area contributed by atoms with E-state index in [1.54, 1.807) is 36.4 Å². The van der Waals surface area contributed by atoms with Gasteiger partial charge >= 0.3 is 0 Å². The molecule has 212 valence electrons. The Kier molecular flexibility index (Phi) is 10.6. The third-order valence-corrected chi connectivity index (χ3v) is 6.35. The molecule has 0 bridgehead atoms. The summed E-state index contributed by atoms with van der Waals surface area (Å²) in [6.45, 7) is 6.41. The summed E-state index contributed by atoms with van der Waals surface area (Å²) in [4.78, 5) is 31.9. The number of nitrogens with zero attached hydrogens (tertiary/aromatic N) is 3. The van der Waals surface area contributed by atoms with E-state index in [0.29, 0.717) is 29.8 Å². The summed E-state index contributed by atoms with van der Waals surface area (Å²) < 4.78 is 18.9. The highest BCUT2D eigenvalue weighted by Crippen LogP contribution is 2.36. The highest BCUT2D eigenvalue weighted by atomic mass is 35.5. The lowest BCUT2D eigenvalue weighted by atomic mass is 9.97. The first-order valence-electron chi connectivity index (χ1n) is 12.7. The van der Waals surface area contributed by atoms with Crippen LogP contribution in [0.1, 0.15) is 36.4 Å². The fourth-order valence-electron chi connectivity index (χ4n) is 4.20. The molecule has 2 amide bonds. The molecule has 0 aliphatic carbocycles. The van der Waals surface area contributed by atoms with Crippen LogP contribution in [0, 0.1) is 17.1 Å². The van der Waals surface area contributed by atoms with Gasteiger partial charge in [-0.2, -0.15) is 5.26 Å². The average Bonchev–Trinajstić information content (AvgIpc) is 3.49. The van der Waals surface area contributed by atoms with Crippen LogP contribution in [0.5, 0.6) is 5.75 Å². The molecule has 2 aromatic carbocycles. The smallest absolute Gasteiger partial charge is 0.292 e. The fraction of sp³-hybridized carbons (Fsp3) is 0.200. The molecule has 2 heterocycles. The van der Waals surface area contributed by atoms with E-state index in [1.165, 1.54) is 24.5 Å². The van der Waals surface area contributed by atoms with E-state index < -0.39 is 11.7 Å². The minimum Gasteiger partial charge on any atom is -0.507 e. The lowest BCUT2D eigenvalue weighted by Gasteiger charge is -2.17. The SMILES string of the molecule is CCN(CC)CCC(=O)Nc1cccc(-c2cc(-c3ccc(F)cc3O)nc(NC(=O)c3ccco3)c2C#N)c1.Cl. The molecule has 4 rings (SSSR count). The van der Waals surface area contributed by atoms with E-state index in [-0.39, 0.29) is 52.5 Å². The number of aromatic hydroxyl groups is 1. The third-order valence-electron chi connectivity index (χ3n) is 6.35. The number of hydrogen-bond donors (Lipinski definition) is 3. The molecule has 0 saturated carbocycles. The van der Waals surface area contributed by atoms with Gasteiger partial charge in [0.05, 0.1) is 12.0 Å². The van der Waals surface area contributed by atoms with Crippen molar-refractivity contribution in [3.8, 4) is 34.2 Å². The Morgan fingerprint density at radius 2 is 1.83 bits per heavy atom. The lowest BCUT2D eigenvalue weighted by Crippen LogP contribution is -2.27. The van der Waals surface area contributed by atoms with Gasteiger partial charge in [0.2, 0.25) is 5.91 Å². The van der Waals surface area contributed by atoms with Crippen molar-refractivity contribution >= 4 is 35.7 Å². The van der Waals surface area contributed by atoms with Crippen molar-refractivity contribution in [3.05, 3.63) is 84.1 Å². The number of carbonyl (C=O) groups excluding carboxylic acids is 2. The number of nitriles is 1. The molecule has 0 fully saturated rings. The van der Waals surface area contributed by atoms with Crippen molar-refractivity contribution in [1.29, 1.82) is 5.26 Å². The highest BCUT2D eigenvalue weighted by Gasteiger charge is 2.20. The van der Waals surface area contributed by atoms with Crippen molar-refractivity contribution in [3.63, 3.8) is 0 Å². The van der Waals surface area contributed by atoms with Gasteiger partial charge in [0.25, 0.3) is 5.91 Å². The van der Waals surface area contributed by atoms with Crippen molar-refractivity contribution in [2.24, 2.45) is 0 Å². The second-order valence-electron chi connectivity index (χ2n) is 8.89. The maximum absolute atomic E-state index is 13.7. The molecular formula is C30H29ClFN5O4. The maximum Gasteiger partial charge on any atom is 0.292 e. The molecule has 0 saturated heterocycles. The number of furan rings is 1. The molecule has 11 heteroatoms. The van der Waals surface area contributed by atoms with Gasteiger partial charge in [-0.25, -0.2) is 9.37 Å². The van der Waals surface area contributed by atoms with Gasteiger partial charge in [-0.15, -0.1) is 12.4 Å². The maximum atomic E-state index is 13.7. The van der Waals surface area contributed by atoms with Gasteiger partial charge in [0.1, 0.15) is 23.2 Å². The van der Waals surface area contributed by atoms with Crippen LogP contribution in [0.15, 0.2) is 71.3 Å². The van der Waals surface area contributed by atoms with Gasteiger partial charge in [-0.3, -0.25) is 9.59 Å². The van der Waals surface area contributed by atoms with Gasteiger partial charge < -0.3 is 25.1 Å². The summed E-state index contributed by atoms with van der Waals surface area (Å²) in [5.41, 5.74) is 1.89. The quantitative estimate of drug-likeness (QED) is 0.208. The van der Waals surface area contributed by atoms with E-state index in [1.807, 2.05) is 13.8 Å². The van der Waals surface area contributed by atoms with E-state index >= 15 is 0 Å². The topological polar surface area (TPSA) is 131 Å². The average molecular weight is 578 g/mol. The highest BCUT2D eigenvalue weighted by molar-refractivity contribution is 6.03. The first kappa shape index (κ1) is 30.8. The minimum absolute atomic E-state index is 0. The molecule has 0 radical (unpaired) electrons. The Balaban J connectivity index is 0.00000462. The summed E-state index contributed by atoms with van der Waals surface area (Å²) >= 11 is 0. The number of rotatable bonds is 10. The van der Waals surface area contributed by atoms with Crippen LogP contribution in [0.3, 0.4) is 0 Å². The zero-order chi connectivity index (χ0) is 28.6. The van der Waals surface area contributed by atoms with Crippen LogP contribution in [-0.2, 0) is 4.79 Å². The molecule has 2 aromatic heterocycles. The summed E-state index contributed by atoms with van der Waals surface area (Å²) in [7, 11) is 0. The van der Waals surface area contributed by atoms with Crippen LogP contribution >= 0.6 is 12.4 Å². The molecule has 4 aromatic rings. The Morgan fingerprint density at radius 3 is 2.49 bits per heavy atom. The van der Waals surface area contributed by atoms with E-state index in [4.69, 9.17) is 4.42 Å². The molecule has 3 N–H and O–H groups in total. The number of aromatic nitrogens is 1. The van der Waals surface area contributed by atoms with Gasteiger partial charge in [0.15, 0.2) is 11.6 Å². The summed E-state index contributed by atoms with van der Waals surface area (Å²) in [5.74, 6) is -1.84. The molecule has 0 unspecified atom stereocenters. The predicted molar refractivity (Wildman–Crippen MR) is 156 cm³/mol. The zero-order valence-corrected chi connectivity index (χ0v) is 23.3. The lowest BCUT2D eigenvalue weighted by molar-refractivity contribution is -0.116. The van der Waals surface area contributed by atoms with Crippen LogP contribution in [0.4, 0.5) is 15.9 Å². The number of amides is 2. The van der Waals surface area contributed by atoms with Gasteiger partial charge in [-0.05, 0) is 61.1 Å².